The van der Waals surface area contributed by atoms with E-state index in [0.717, 1.165) is 57.0 Å². The summed E-state index contributed by atoms with van der Waals surface area (Å²) in [6.07, 6.45) is 2.16. The van der Waals surface area contributed by atoms with Crippen molar-refractivity contribution in [3.63, 3.8) is 0 Å². The average molecular weight is 318 g/mol. The highest BCUT2D eigenvalue weighted by molar-refractivity contribution is 5.74. The molecule has 2 fully saturated rings. The number of amides is 1. The van der Waals surface area contributed by atoms with Gasteiger partial charge < -0.3 is 14.4 Å². The number of ether oxygens (including phenoxy) is 2. The first-order chi connectivity index (χ1) is 11.2. The lowest BCUT2D eigenvalue weighted by Crippen LogP contribution is -2.54. The summed E-state index contributed by atoms with van der Waals surface area (Å²) < 4.78 is 11.0. The minimum absolute atomic E-state index is 0.0558. The van der Waals surface area contributed by atoms with E-state index in [1.165, 1.54) is 0 Å². The molecule has 2 saturated heterocycles. The molecule has 3 rings (SSSR count). The van der Waals surface area contributed by atoms with Crippen molar-refractivity contribution in [3.8, 4) is 5.75 Å². The molecule has 0 bridgehead atoms. The van der Waals surface area contributed by atoms with Gasteiger partial charge in [0.05, 0.1) is 13.2 Å². The van der Waals surface area contributed by atoms with Crippen molar-refractivity contribution in [1.82, 2.24) is 9.80 Å². The molecule has 2 heterocycles. The predicted octanol–water partition coefficient (Wildman–Crippen LogP) is 2.08. The van der Waals surface area contributed by atoms with Crippen LogP contribution >= 0.6 is 0 Å². The van der Waals surface area contributed by atoms with Gasteiger partial charge in [-0.15, -0.1) is 0 Å². The lowest BCUT2D eigenvalue weighted by atomic mass is 9.98. The Kier molecular flexibility index (Phi) is 5.18. The molecule has 1 amide bonds. The third-order valence-electron chi connectivity index (χ3n) is 5.02. The Morgan fingerprint density at radius 1 is 1.22 bits per heavy atom. The highest BCUT2D eigenvalue weighted by Crippen LogP contribution is 2.33. The molecule has 5 nitrogen and oxygen atoms in total. The summed E-state index contributed by atoms with van der Waals surface area (Å²) in [5, 5.41) is 0. The summed E-state index contributed by atoms with van der Waals surface area (Å²) >= 11 is 0. The Bertz CT molecular complexity index is 543. The van der Waals surface area contributed by atoms with Crippen LogP contribution in [0.4, 0.5) is 0 Å². The molecule has 0 saturated carbocycles. The molecule has 1 atom stereocenters. The zero-order valence-electron chi connectivity index (χ0n) is 14.0. The fourth-order valence-corrected chi connectivity index (χ4v) is 3.77. The lowest BCUT2D eigenvalue weighted by Gasteiger charge is -2.45. The van der Waals surface area contributed by atoms with Crippen molar-refractivity contribution in [2.24, 2.45) is 0 Å². The van der Waals surface area contributed by atoms with E-state index in [0.29, 0.717) is 6.04 Å². The summed E-state index contributed by atoms with van der Waals surface area (Å²) in [5.74, 6) is 0.991. The van der Waals surface area contributed by atoms with Crippen molar-refractivity contribution in [2.45, 2.75) is 31.8 Å². The van der Waals surface area contributed by atoms with E-state index < -0.39 is 0 Å². The molecular formula is C18H26N2O3. The highest BCUT2D eigenvalue weighted by Gasteiger charge is 2.34. The third kappa shape index (κ3) is 3.51. The quantitative estimate of drug-likeness (QED) is 0.856. The maximum Gasteiger partial charge on any atom is 0.220 e. The largest absolute Gasteiger partial charge is 0.496 e. The van der Waals surface area contributed by atoms with Gasteiger partial charge in [-0.3, -0.25) is 9.69 Å². The van der Waals surface area contributed by atoms with Crippen LogP contribution in [-0.2, 0) is 9.53 Å². The predicted molar refractivity (Wildman–Crippen MR) is 88.5 cm³/mol. The number of carbonyl (C=O) groups is 1. The first-order valence-electron chi connectivity index (χ1n) is 8.42. The third-order valence-corrected chi connectivity index (χ3v) is 5.02. The number of methoxy groups -OCH3 is 1. The SMILES string of the molecule is COc1ccccc1[C@@H]1CN(C2CCOCC2)CCN1C(C)=O. The molecule has 0 spiro atoms. The standard InChI is InChI=1S/C18H26N2O3/c1-14(21)20-10-9-19(15-7-11-23-12-8-15)13-17(20)16-5-3-4-6-18(16)22-2/h3-6,15,17H,7-13H2,1-2H3/t17-/m0/s1. The van der Waals surface area contributed by atoms with Gasteiger partial charge in [0.1, 0.15) is 5.75 Å². The molecule has 0 aliphatic carbocycles. The first-order valence-corrected chi connectivity index (χ1v) is 8.42. The second kappa shape index (κ2) is 7.32. The maximum absolute atomic E-state index is 12.1. The zero-order chi connectivity index (χ0) is 16.2. The van der Waals surface area contributed by atoms with Crippen molar-refractivity contribution in [1.29, 1.82) is 0 Å². The molecule has 126 valence electrons. The van der Waals surface area contributed by atoms with E-state index in [4.69, 9.17) is 9.47 Å². The molecule has 0 unspecified atom stereocenters. The summed E-state index contributed by atoms with van der Waals surface area (Å²) in [6.45, 7) is 5.93. The van der Waals surface area contributed by atoms with Crippen molar-refractivity contribution >= 4 is 5.91 Å². The van der Waals surface area contributed by atoms with E-state index >= 15 is 0 Å². The van der Waals surface area contributed by atoms with Crippen LogP contribution < -0.4 is 4.74 Å². The van der Waals surface area contributed by atoms with Crippen LogP contribution in [0, 0.1) is 0 Å². The fraction of sp³-hybridized carbons (Fsp3) is 0.611. The number of hydrogen-bond acceptors (Lipinski definition) is 4. The van der Waals surface area contributed by atoms with Gasteiger partial charge in [-0.25, -0.2) is 0 Å². The van der Waals surface area contributed by atoms with Crippen LogP contribution in [0.15, 0.2) is 24.3 Å². The van der Waals surface area contributed by atoms with Crippen LogP contribution in [0.5, 0.6) is 5.75 Å². The summed E-state index contributed by atoms with van der Waals surface area (Å²) in [6, 6.07) is 8.66. The van der Waals surface area contributed by atoms with E-state index in [-0.39, 0.29) is 11.9 Å². The van der Waals surface area contributed by atoms with E-state index in [2.05, 4.69) is 11.0 Å². The highest BCUT2D eigenvalue weighted by atomic mass is 16.5. The Labute approximate surface area is 138 Å². The summed E-state index contributed by atoms with van der Waals surface area (Å²) in [5.41, 5.74) is 1.10. The minimum Gasteiger partial charge on any atom is -0.496 e. The average Bonchev–Trinajstić information content (AvgIpc) is 2.61. The van der Waals surface area contributed by atoms with Gasteiger partial charge in [-0.1, -0.05) is 18.2 Å². The van der Waals surface area contributed by atoms with Gasteiger partial charge in [0.25, 0.3) is 0 Å². The second-order valence-electron chi connectivity index (χ2n) is 6.31. The molecule has 0 radical (unpaired) electrons. The van der Waals surface area contributed by atoms with Gasteiger partial charge in [0, 0.05) is 51.4 Å². The molecular weight excluding hydrogens is 292 g/mol. The van der Waals surface area contributed by atoms with Crippen LogP contribution in [0.2, 0.25) is 0 Å². The smallest absolute Gasteiger partial charge is 0.220 e. The number of carbonyl (C=O) groups excluding carboxylic acids is 1. The zero-order valence-corrected chi connectivity index (χ0v) is 14.0. The number of piperazine rings is 1. The van der Waals surface area contributed by atoms with Crippen LogP contribution in [0.1, 0.15) is 31.4 Å². The van der Waals surface area contributed by atoms with Crippen molar-refractivity contribution in [2.75, 3.05) is 40.0 Å². The van der Waals surface area contributed by atoms with Gasteiger partial charge in [-0.05, 0) is 18.9 Å². The summed E-state index contributed by atoms with van der Waals surface area (Å²) in [7, 11) is 1.69. The number of hydrogen-bond donors (Lipinski definition) is 0. The Balaban J connectivity index is 1.84. The molecule has 1 aromatic rings. The second-order valence-corrected chi connectivity index (χ2v) is 6.31. The van der Waals surface area contributed by atoms with Crippen LogP contribution in [0.25, 0.3) is 0 Å². The number of rotatable bonds is 3. The Morgan fingerprint density at radius 3 is 2.65 bits per heavy atom. The van der Waals surface area contributed by atoms with Crippen LogP contribution in [-0.4, -0.2) is 61.7 Å². The van der Waals surface area contributed by atoms with Gasteiger partial charge in [0.2, 0.25) is 5.91 Å². The number of nitrogens with zero attached hydrogens (tertiary/aromatic N) is 2. The van der Waals surface area contributed by atoms with Gasteiger partial charge >= 0.3 is 0 Å². The first kappa shape index (κ1) is 16.3. The molecule has 5 heteroatoms. The molecule has 2 aliphatic rings. The lowest BCUT2D eigenvalue weighted by molar-refractivity contribution is -0.135. The minimum atomic E-state index is 0.0558. The number of benzene rings is 1. The fourth-order valence-electron chi connectivity index (χ4n) is 3.77. The Morgan fingerprint density at radius 2 is 1.96 bits per heavy atom. The topological polar surface area (TPSA) is 42.0 Å². The van der Waals surface area contributed by atoms with Crippen LogP contribution in [0.3, 0.4) is 0 Å². The van der Waals surface area contributed by atoms with E-state index in [1.807, 2.05) is 23.1 Å². The summed E-state index contributed by atoms with van der Waals surface area (Å²) in [4.78, 5) is 16.6. The Hall–Kier alpha value is -1.59. The molecule has 0 aromatic heterocycles. The van der Waals surface area contributed by atoms with E-state index in [9.17, 15) is 4.79 Å². The van der Waals surface area contributed by atoms with Crippen molar-refractivity contribution < 1.29 is 14.3 Å². The van der Waals surface area contributed by atoms with E-state index in [1.54, 1.807) is 14.0 Å². The van der Waals surface area contributed by atoms with Gasteiger partial charge in [-0.2, -0.15) is 0 Å². The van der Waals surface area contributed by atoms with Crippen molar-refractivity contribution in [3.05, 3.63) is 29.8 Å². The monoisotopic (exact) mass is 318 g/mol. The normalized spacial score (nSPS) is 23.7. The van der Waals surface area contributed by atoms with Gasteiger partial charge in [0.15, 0.2) is 0 Å². The molecule has 1 aromatic carbocycles. The molecule has 2 aliphatic heterocycles. The molecule has 0 N–H and O–H groups in total. The molecule has 23 heavy (non-hydrogen) atoms. The number of para-hydroxylation sites is 1. The maximum atomic E-state index is 12.1.